The lowest BCUT2D eigenvalue weighted by molar-refractivity contribution is -0.119. The molecule has 1 aromatic heterocycles. The molecule has 3 aromatic rings. The maximum atomic E-state index is 13.6. The van der Waals surface area contributed by atoms with Crippen LogP contribution in [0.5, 0.6) is 5.75 Å². The highest BCUT2D eigenvalue weighted by molar-refractivity contribution is 5.80. The molecule has 0 radical (unpaired) electrons. The van der Waals surface area contributed by atoms with Crippen molar-refractivity contribution in [3.05, 3.63) is 74.4 Å². The van der Waals surface area contributed by atoms with Gasteiger partial charge in [0.25, 0.3) is 5.56 Å². The number of ether oxygens (including phenoxy) is 1. The van der Waals surface area contributed by atoms with Crippen molar-refractivity contribution in [1.82, 2.24) is 14.0 Å². The minimum absolute atomic E-state index is 0.0870. The van der Waals surface area contributed by atoms with Crippen molar-refractivity contribution in [2.24, 2.45) is 0 Å². The van der Waals surface area contributed by atoms with E-state index in [1.165, 1.54) is 16.7 Å². The van der Waals surface area contributed by atoms with Crippen LogP contribution in [0, 0.1) is 6.92 Å². The molecule has 0 atom stereocenters. The molecule has 1 fully saturated rings. The molecule has 9 heteroatoms. The molecule has 0 N–H and O–H groups in total. The van der Waals surface area contributed by atoms with Crippen molar-refractivity contribution in [2.75, 3.05) is 26.4 Å². The summed E-state index contributed by atoms with van der Waals surface area (Å²) in [7, 11) is 0. The maximum Gasteiger partial charge on any atom is 0.332 e. The number of carbonyl (C=O) groups excluding carboxylic acids is 1. The van der Waals surface area contributed by atoms with Crippen LogP contribution in [0.15, 0.2) is 52.1 Å². The standard InChI is InChI=1S/C25H27F2N3O4/c1-17-2-4-18(5-3-17)15-29-24(32)22-12-20(34-21(13-26)14-27)6-7-23(22)30(25(29)33)19-8-10-28(16-31)11-9-19/h2-7,12,16,19,21H,8-11,13-15H2,1H3. The maximum absolute atomic E-state index is 13.6. The second kappa shape index (κ2) is 10.2. The first-order chi connectivity index (χ1) is 16.4. The summed E-state index contributed by atoms with van der Waals surface area (Å²) in [6.45, 7) is 1.06. The van der Waals surface area contributed by atoms with Gasteiger partial charge in [-0.15, -0.1) is 0 Å². The monoisotopic (exact) mass is 471 g/mol. The number of likely N-dealkylation sites (tertiary alicyclic amines) is 1. The first kappa shape index (κ1) is 23.7. The number of rotatable bonds is 8. The number of piperidine rings is 1. The van der Waals surface area contributed by atoms with Crippen LogP contribution in [0.3, 0.4) is 0 Å². The largest absolute Gasteiger partial charge is 0.485 e. The topological polar surface area (TPSA) is 73.5 Å². The SMILES string of the molecule is Cc1ccc(Cn2c(=O)c3cc(OC(CF)CF)ccc3n(C3CCN(C=O)CC3)c2=O)cc1. The zero-order valence-electron chi connectivity index (χ0n) is 19.0. The van der Waals surface area contributed by atoms with Gasteiger partial charge in [0.15, 0.2) is 6.10 Å². The summed E-state index contributed by atoms with van der Waals surface area (Å²) < 4.78 is 34.1. The number of alkyl halides is 2. The number of amides is 1. The minimum atomic E-state index is -1.26. The van der Waals surface area contributed by atoms with Gasteiger partial charge in [0.2, 0.25) is 6.41 Å². The molecule has 180 valence electrons. The van der Waals surface area contributed by atoms with Crippen molar-refractivity contribution in [2.45, 2.75) is 38.5 Å². The van der Waals surface area contributed by atoms with Crippen LogP contribution in [0.4, 0.5) is 8.78 Å². The zero-order chi connectivity index (χ0) is 24.2. The Bertz CT molecular complexity index is 1270. The van der Waals surface area contributed by atoms with E-state index in [4.69, 9.17) is 4.74 Å². The lowest BCUT2D eigenvalue weighted by Crippen LogP contribution is -2.44. The number of fused-ring (bicyclic) bond motifs is 1. The van der Waals surface area contributed by atoms with E-state index in [0.29, 0.717) is 31.4 Å². The van der Waals surface area contributed by atoms with Gasteiger partial charge >= 0.3 is 5.69 Å². The minimum Gasteiger partial charge on any atom is -0.485 e. The molecule has 2 aromatic carbocycles. The highest BCUT2D eigenvalue weighted by Crippen LogP contribution is 2.26. The average Bonchev–Trinajstić information content (AvgIpc) is 2.87. The quantitative estimate of drug-likeness (QED) is 0.474. The van der Waals surface area contributed by atoms with Crippen LogP contribution >= 0.6 is 0 Å². The van der Waals surface area contributed by atoms with Gasteiger partial charge in [-0.1, -0.05) is 29.8 Å². The Labute approximate surface area is 195 Å². The average molecular weight is 472 g/mol. The molecule has 1 saturated heterocycles. The molecule has 4 rings (SSSR count). The van der Waals surface area contributed by atoms with E-state index >= 15 is 0 Å². The summed E-state index contributed by atoms with van der Waals surface area (Å²) in [5.41, 5.74) is 1.37. The third-order valence-corrected chi connectivity index (χ3v) is 6.26. The van der Waals surface area contributed by atoms with E-state index in [1.54, 1.807) is 15.5 Å². The fourth-order valence-corrected chi connectivity index (χ4v) is 4.35. The number of benzene rings is 2. The molecular formula is C25H27F2N3O4. The van der Waals surface area contributed by atoms with E-state index in [-0.39, 0.29) is 23.7 Å². The van der Waals surface area contributed by atoms with Gasteiger partial charge in [-0.25, -0.2) is 13.6 Å². The van der Waals surface area contributed by atoms with E-state index in [0.717, 1.165) is 17.5 Å². The number of carbonyl (C=O) groups is 1. The van der Waals surface area contributed by atoms with Gasteiger partial charge in [-0.2, -0.15) is 0 Å². The molecule has 0 spiro atoms. The number of aryl methyl sites for hydroxylation is 1. The zero-order valence-corrected chi connectivity index (χ0v) is 19.0. The Hall–Kier alpha value is -3.49. The molecule has 7 nitrogen and oxygen atoms in total. The third kappa shape index (κ3) is 4.73. The predicted octanol–water partition coefficient (Wildman–Crippen LogP) is 3.00. The summed E-state index contributed by atoms with van der Waals surface area (Å²) in [5.74, 6) is 0.160. The van der Waals surface area contributed by atoms with Gasteiger partial charge in [-0.05, 0) is 43.5 Å². The predicted molar refractivity (Wildman–Crippen MR) is 125 cm³/mol. The Morgan fingerprint density at radius 3 is 2.35 bits per heavy atom. The number of aromatic nitrogens is 2. The van der Waals surface area contributed by atoms with Crippen molar-refractivity contribution in [3.8, 4) is 5.75 Å². The fourth-order valence-electron chi connectivity index (χ4n) is 4.35. The van der Waals surface area contributed by atoms with Crippen LogP contribution in [-0.2, 0) is 11.3 Å². The normalized spacial score (nSPS) is 14.6. The Morgan fingerprint density at radius 2 is 1.74 bits per heavy atom. The van der Waals surface area contributed by atoms with Crippen LogP contribution < -0.4 is 16.0 Å². The Balaban J connectivity index is 1.85. The van der Waals surface area contributed by atoms with Crippen molar-refractivity contribution >= 4 is 17.3 Å². The molecule has 2 heterocycles. The van der Waals surface area contributed by atoms with Crippen molar-refractivity contribution < 1.29 is 18.3 Å². The highest BCUT2D eigenvalue weighted by atomic mass is 19.1. The molecule has 34 heavy (non-hydrogen) atoms. The van der Waals surface area contributed by atoms with Gasteiger partial charge in [0.1, 0.15) is 19.1 Å². The summed E-state index contributed by atoms with van der Waals surface area (Å²) >= 11 is 0. The van der Waals surface area contributed by atoms with Crippen LogP contribution in [0.25, 0.3) is 10.9 Å². The number of hydrogen-bond acceptors (Lipinski definition) is 4. The number of nitrogens with zero attached hydrogens (tertiary/aromatic N) is 3. The summed E-state index contributed by atoms with van der Waals surface area (Å²) in [4.78, 5) is 39.8. The van der Waals surface area contributed by atoms with E-state index in [1.807, 2.05) is 31.2 Å². The van der Waals surface area contributed by atoms with Crippen molar-refractivity contribution in [1.29, 1.82) is 0 Å². The molecule has 0 bridgehead atoms. The van der Waals surface area contributed by atoms with Gasteiger partial charge in [0, 0.05) is 19.1 Å². The first-order valence-electron chi connectivity index (χ1n) is 11.3. The van der Waals surface area contributed by atoms with E-state index in [2.05, 4.69) is 0 Å². The lowest BCUT2D eigenvalue weighted by atomic mass is 10.0. The first-order valence-corrected chi connectivity index (χ1v) is 11.3. The van der Waals surface area contributed by atoms with Gasteiger partial charge in [-0.3, -0.25) is 18.7 Å². The summed E-state index contributed by atoms with van der Waals surface area (Å²) in [6.07, 6.45) is 0.678. The van der Waals surface area contributed by atoms with Crippen LogP contribution in [0.1, 0.15) is 30.0 Å². The second-order valence-electron chi connectivity index (χ2n) is 8.63. The van der Waals surface area contributed by atoms with E-state index in [9.17, 15) is 23.2 Å². The van der Waals surface area contributed by atoms with Crippen molar-refractivity contribution in [3.63, 3.8) is 0 Å². The highest BCUT2D eigenvalue weighted by Gasteiger charge is 2.25. The summed E-state index contributed by atoms with van der Waals surface area (Å²) in [5, 5.41) is 0.235. The molecule has 0 unspecified atom stereocenters. The molecule has 1 aliphatic rings. The third-order valence-electron chi connectivity index (χ3n) is 6.26. The van der Waals surface area contributed by atoms with Gasteiger partial charge < -0.3 is 9.64 Å². The number of halogens is 2. The second-order valence-corrected chi connectivity index (χ2v) is 8.63. The lowest BCUT2D eigenvalue weighted by Gasteiger charge is -2.31. The smallest absolute Gasteiger partial charge is 0.332 e. The molecule has 1 amide bonds. The Kier molecular flexibility index (Phi) is 7.09. The summed E-state index contributed by atoms with van der Waals surface area (Å²) in [6, 6.07) is 11.9. The van der Waals surface area contributed by atoms with Gasteiger partial charge in [0.05, 0.1) is 17.4 Å². The van der Waals surface area contributed by atoms with Crippen LogP contribution in [-0.4, -0.2) is 53.0 Å². The molecule has 0 saturated carbocycles. The van der Waals surface area contributed by atoms with E-state index < -0.39 is 30.7 Å². The fraction of sp³-hybridized carbons (Fsp3) is 0.400. The number of hydrogen-bond donors (Lipinski definition) is 0. The molecular weight excluding hydrogens is 444 g/mol. The molecule has 1 aliphatic heterocycles. The van der Waals surface area contributed by atoms with Crippen LogP contribution in [0.2, 0.25) is 0 Å². The molecule has 0 aliphatic carbocycles. The Morgan fingerprint density at radius 1 is 1.06 bits per heavy atom.